The Morgan fingerprint density at radius 1 is 1.31 bits per heavy atom. The highest BCUT2D eigenvalue weighted by Gasteiger charge is 2.38. The number of rotatable bonds is 1. The van der Waals surface area contributed by atoms with Crippen molar-refractivity contribution in [2.45, 2.75) is 25.8 Å². The second kappa shape index (κ2) is 4.11. The van der Waals surface area contributed by atoms with E-state index in [0.29, 0.717) is 25.9 Å². The summed E-state index contributed by atoms with van der Waals surface area (Å²) in [7, 11) is 0. The van der Waals surface area contributed by atoms with E-state index in [1.54, 1.807) is 4.90 Å². The van der Waals surface area contributed by atoms with Gasteiger partial charge in [0.25, 0.3) is 5.91 Å². The molecule has 0 aromatic carbocycles. The number of amides is 3. The third-order valence-electron chi connectivity index (χ3n) is 3.06. The average Bonchev–Trinajstić information content (AvgIpc) is 2.59. The summed E-state index contributed by atoms with van der Waals surface area (Å²) in [5.41, 5.74) is 0. The Morgan fingerprint density at radius 3 is 2.38 bits per heavy atom. The lowest BCUT2D eigenvalue weighted by atomic mass is 10.0. The minimum Gasteiger partial charge on any atom is -0.439 e. The van der Waals surface area contributed by atoms with Crippen molar-refractivity contribution < 1.29 is 19.1 Å². The van der Waals surface area contributed by atoms with Crippen LogP contribution >= 0.6 is 0 Å². The number of carbonyl (C=O) groups is 3. The van der Waals surface area contributed by atoms with E-state index < -0.39 is 6.09 Å². The maximum Gasteiger partial charge on any atom is 0.417 e. The summed E-state index contributed by atoms with van der Waals surface area (Å²) in [4.78, 5) is 36.7. The van der Waals surface area contributed by atoms with Gasteiger partial charge in [0, 0.05) is 26.1 Å². The molecule has 6 nitrogen and oxygen atoms in total. The predicted molar refractivity (Wildman–Crippen MR) is 53.5 cm³/mol. The van der Waals surface area contributed by atoms with E-state index in [-0.39, 0.29) is 24.5 Å². The number of likely N-dealkylation sites (tertiary alicyclic amines) is 1. The van der Waals surface area contributed by atoms with Crippen LogP contribution in [-0.2, 0) is 14.3 Å². The van der Waals surface area contributed by atoms with Crippen LogP contribution < -0.4 is 0 Å². The Bertz CT molecular complexity index is 318. The fourth-order valence-corrected chi connectivity index (χ4v) is 2.16. The van der Waals surface area contributed by atoms with Crippen LogP contribution in [0.2, 0.25) is 0 Å². The molecule has 2 aliphatic heterocycles. The maximum atomic E-state index is 11.4. The molecule has 0 atom stereocenters. The second-order valence-electron chi connectivity index (χ2n) is 4.06. The van der Waals surface area contributed by atoms with Crippen molar-refractivity contribution in [3.63, 3.8) is 0 Å². The number of nitrogens with zero attached hydrogens (tertiary/aromatic N) is 2. The van der Waals surface area contributed by atoms with Gasteiger partial charge in [-0.25, -0.2) is 9.69 Å². The first-order valence-corrected chi connectivity index (χ1v) is 5.34. The first-order chi connectivity index (χ1) is 7.59. The number of piperidine rings is 1. The monoisotopic (exact) mass is 226 g/mol. The minimum atomic E-state index is -0.550. The summed E-state index contributed by atoms with van der Waals surface area (Å²) in [5.74, 6) is -0.236. The lowest BCUT2D eigenvalue weighted by Gasteiger charge is -2.34. The van der Waals surface area contributed by atoms with Crippen LogP contribution in [0.3, 0.4) is 0 Å². The van der Waals surface area contributed by atoms with Gasteiger partial charge < -0.3 is 9.64 Å². The van der Waals surface area contributed by atoms with Gasteiger partial charge in [0.2, 0.25) is 5.91 Å². The highest BCUT2D eigenvalue weighted by Crippen LogP contribution is 2.20. The molecule has 6 heteroatoms. The van der Waals surface area contributed by atoms with Crippen molar-refractivity contribution >= 4 is 17.9 Å². The van der Waals surface area contributed by atoms with Crippen LogP contribution in [0.4, 0.5) is 4.79 Å². The van der Waals surface area contributed by atoms with Crippen molar-refractivity contribution in [1.29, 1.82) is 0 Å². The van der Waals surface area contributed by atoms with Gasteiger partial charge in [-0.15, -0.1) is 0 Å². The van der Waals surface area contributed by atoms with Gasteiger partial charge in [-0.3, -0.25) is 9.59 Å². The van der Waals surface area contributed by atoms with Crippen molar-refractivity contribution in [3.05, 3.63) is 0 Å². The van der Waals surface area contributed by atoms with E-state index in [9.17, 15) is 14.4 Å². The van der Waals surface area contributed by atoms with E-state index in [1.165, 1.54) is 11.8 Å². The van der Waals surface area contributed by atoms with Gasteiger partial charge in [0.05, 0.1) is 0 Å². The van der Waals surface area contributed by atoms with E-state index in [0.717, 1.165) is 0 Å². The Kier molecular flexibility index (Phi) is 2.80. The van der Waals surface area contributed by atoms with Crippen LogP contribution in [0.25, 0.3) is 0 Å². The Morgan fingerprint density at radius 2 is 1.94 bits per heavy atom. The molecule has 0 aromatic heterocycles. The smallest absolute Gasteiger partial charge is 0.417 e. The SMILES string of the molecule is CC(=O)N1CCC(N2C(=O)COC2=O)CC1. The molecule has 16 heavy (non-hydrogen) atoms. The first kappa shape index (κ1) is 10.9. The van der Waals surface area contributed by atoms with Crippen molar-refractivity contribution in [1.82, 2.24) is 9.80 Å². The number of carbonyl (C=O) groups excluding carboxylic acids is 3. The summed E-state index contributed by atoms with van der Waals surface area (Å²) < 4.78 is 4.66. The van der Waals surface area contributed by atoms with Gasteiger partial charge >= 0.3 is 6.09 Å². The summed E-state index contributed by atoms with van der Waals surface area (Å²) >= 11 is 0. The second-order valence-corrected chi connectivity index (χ2v) is 4.06. The van der Waals surface area contributed by atoms with Crippen LogP contribution in [-0.4, -0.2) is 53.4 Å². The summed E-state index contributed by atoms with van der Waals surface area (Å²) in [6.07, 6.45) is 0.729. The molecule has 2 heterocycles. The zero-order chi connectivity index (χ0) is 11.7. The lowest BCUT2D eigenvalue weighted by molar-refractivity contribution is -0.131. The zero-order valence-corrected chi connectivity index (χ0v) is 9.14. The van der Waals surface area contributed by atoms with Gasteiger partial charge in [-0.2, -0.15) is 0 Å². The topological polar surface area (TPSA) is 66.9 Å². The zero-order valence-electron chi connectivity index (χ0n) is 9.14. The molecule has 0 aromatic rings. The number of ether oxygens (including phenoxy) is 1. The molecule has 0 saturated carbocycles. The van der Waals surface area contributed by atoms with Gasteiger partial charge in [-0.1, -0.05) is 0 Å². The van der Waals surface area contributed by atoms with Gasteiger partial charge in [0.15, 0.2) is 6.61 Å². The molecule has 3 amide bonds. The van der Waals surface area contributed by atoms with E-state index in [1.807, 2.05) is 0 Å². The Labute approximate surface area is 93.1 Å². The molecule has 0 radical (unpaired) electrons. The summed E-state index contributed by atoms with van der Waals surface area (Å²) in [6, 6.07) is -0.113. The van der Waals surface area contributed by atoms with Crippen molar-refractivity contribution in [2.24, 2.45) is 0 Å². The van der Waals surface area contributed by atoms with Crippen molar-refractivity contribution in [3.8, 4) is 0 Å². The summed E-state index contributed by atoms with van der Waals surface area (Å²) in [6.45, 7) is 2.56. The minimum absolute atomic E-state index is 0.0359. The van der Waals surface area contributed by atoms with Gasteiger partial charge in [0.1, 0.15) is 0 Å². The first-order valence-electron chi connectivity index (χ1n) is 5.34. The number of imide groups is 1. The van der Waals surface area contributed by atoms with E-state index in [4.69, 9.17) is 0 Å². The fourth-order valence-electron chi connectivity index (χ4n) is 2.16. The average molecular weight is 226 g/mol. The molecular weight excluding hydrogens is 212 g/mol. The molecule has 88 valence electrons. The molecule has 0 unspecified atom stereocenters. The standard InChI is InChI=1S/C10H14N2O4/c1-7(13)11-4-2-8(3-5-11)12-9(14)6-16-10(12)15/h8H,2-6H2,1H3. The van der Waals surface area contributed by atoms with Crippen LogP contribution in [0.15, 0.2) is 0 Å². The molecule has 2 rings (SSSR count). The fraction of sp³-hybridized carbons (Fsp3) is 0.700. The highest BCUT2D eigenvalue weighted by molar-refractivity contribution is 5.98. The van der Waals surface area contributed by atoms with E-state index in [2.05, 4.69) is 4.74 Å². The Hall–Kier alpha value is -1.59. The van der Waals surface area contributed by atoms with Gasteiger partial charge in [-0.05, 0) is 12.8 Å². The van der Waals surface area contributed by atoms with Crippen LogP contribution in [0.5, 0.6) is 0 Å². The third kappa shape index (κ3) is 1.87. The van der Waals surface area contributed by atoms with E-state index >= 15 is 0 Å². The molecule has 0 spiro atoms. The molecule has 0 bridgehead atoms. The molecule has 2 aliphatic rings. The molecular formula is C10H14N2O4. The number of hydrogen-bond acceptors (Lipinski definition) is 4. The normalized spacial score (nSPS) is 22.6. The molecule has 2 saturated heterocycles. The predicted octanol–water partition coefficient (Wildman–Crippen LogP) is -0.0239. The third-order valence-corrected chi connectivity index (χ3v) is 3.06. The van der Waals surface area contributed by atoms with Crippen LogP contribution in [0.1, 0.15) is 19.8 Å². The summed E-state index contributed by atoms with van der Waals surface area (Å²) in [5, 5.41) is 0. The van der Waals surface area contributed by atoms with Crippen molar-refractivity contribution in [2.75, 3.05) is 19.7 Å². The maximum absolute atomic E-state index is 11.4. The molecule has 2 fully saturated rings. The quantitative estimate of drug-likeness (QED) is 0.630. The molecule has 0 aliphatic carbocycles. The lowest BCUT2D eigenvalue weighted by Crippen LogP contribution is -2.48. The largest absolute Gasteiger partial charge is 0.439 e. The Balaban J connectivity index is 1.96. The molecule has 0 N–H and O–H groups in total. The number of hydrogen-bond donors (Lipinski definition) is 0. The van der Waals surface area contributed by atoms with Crippen LogP contribution in [0, 0.1) is 0 Å². The number of cyclic esters (lactones) is 1. The highest BCUT2D eigenvalue weighted by atomic mass is 16.6.